The van der Waals surface area contributed by atoms with Gasteiger partial charge in [0.1, 0.15) is 5.75 Å². The number of benzene rings is 1. The van der Waals surface area contributed by atoms with Gasteiger partial charge in [-0.25, -0.2) is 0 Å². The van der Waals surface area contributed by atoms with E-state index in [0.29, 0.717) is 17.4 Å². The molecular weight excluding hydrogens is 264 g/mol. The Morgan fingerprint density at radius 1 is 1.42 bits per heavy atom. The van der Waals surface area contributed by atoms with E-state index in [4.69, 9.17) is 16.3 Å². The number of aliphatic hydroxyl groups excluding tert-OH is 1. The molecule has 0 radical (unpaired) electrons. The lowest BCUT2D eigenvalue weighted by molar-refractivity contribution is 0.199. The van der Waals surface area contributed by atoms with Crippen molar-refractivity contribution in [2.45, 2.75) is 19.4 Å². The largest absolute Gasteiger partial charge is 0.492 e. The summed E-state index contributed by atoms with van der Waals surface area (Å²) >= 11 is 6.11. The van der Waals surface area contributed by atoms with E-state index in [1.54, 1.807) is 25.3 Å². The maximum Gasteiger partial charge on any atom is 0.137 e. The number of aliphatic hydroxyl groups is 1. The van der Waals surface area contributed by atoms with Crippen molar-refractivity contribution in [3.63, 3.8) is 0 Å². The Morgan fingerprint density at radius 3 is 2.79 bits per heavy atom. The molecule has 1 heterocycles. The first kappa shape index (κ1) is 13.9. The normalized spacial score (nSPS) is 12.4. The maximum absolute atomic E-state index is 9.46. The van der Waals surface area contributed by atoms with Gasteiger partial charge in [0.2, 0.25) is 0 Å². The first-order valence-electron chi connectivity index (χ1n) is 6.15. The fourth-order valence-electron chi connectivity index (χ4n) is 1.81. The topological polar surface area (TPSA) is 47.3 Å². The van der Waals surface area contributed by atoms with E-state index >= 15 is 0 Å². The lowest BCUT2D eigenvalue weighted by Gasteiger charge is -2.11. The second-order valence-corrected chi connectivity index (χ2v) is 4.82. The van der Waals surface area contributed by atoms with Gasteiger partial charge in [-0.2, -0.15) is 5.10 Å². The molecule has 0 unspecified atom stereocenters. The Balaban J connectivity index is 1.95. The molecule has 102 valence electrons. The molecule has 0 fully saturated rings. The van der Waals surface area contributed by atoms with Gasteiger partial charge in [0, 0.05) is 25.4 Å². The van der Waals surface area contributed by atoms with Crippen LogP contribution in [0.1, 0.15) is 24.3 Å². The molecule has 0 aliphatic carbocycles. The average molecular weight is 281 g/mol. The molecule has 0 spiro atoms. The summed E-state index contributed by atoms with van der Waals surface area (Å²) in [5.41, 5.74) is 1.89. The highest BCUT2D eigenvalue weighted by atomic mass is 35.5. The molecule has 0 saturated carbocycles. The second kappa shape index (κ2) is 6.08. The number of aryl methyl sites for hydroxylation is 1. The Labute approximate surface area is 117 Å². The molecule has 0 amide bonds. The van der Waals surface area contributed by atoms with E-state index < -0.39 is 6.10 Å². The van der Waals surface area contributed by atoms with Gasteiger partial charge in [-0.3, -0.25) is 4.68 Å². The van der Waals surface area contributed by atoms with Crippen molar-refractivity contribution >= 4 is 11.6 Å². The number of ether oxygens (including phenoxy) is 1. The van der Waals surface area contributed by atoms with Gasteiger partial charge in [-0.05, 0) is 30.7 Å². The summed E-state index contributed by atoms with van der Waals surface area (Å²) in [7, 11) is 1.90. The summed E-state index contributed by atoms with van der Waals surface area (Å²) in [6.45, 7) is 2.24. The van der Waals surface area contributed by atoms with E-state index in [2.05, 4.69) is 5.10 Å². The van der Waals surface area contributed by atoms with Gasteiger partial charge in [0.05, 0.1) is 17.7 Å². The van der Waals surface area contributed by atoms with Crippen molar-refractivity contribution < 1.29 is 9.84 Å². The van der Waals surface area contributed by atoms with Gasteiger partial charge < -0.3 is 9.84 Å². The summed E-state index contributed by atoms with van der Waals surface area (Å²) < 4.78 is 7.47. The highest BCUT2D eigenvalue weighted by molar-refractivity contribution is 6.32. The van der Waals surface area contributed by atoms with E-state index in [1.165, 1.54) is 0 Å². The van der Waals surface area contributed by atoms with Crippen LogP contribution in [0.5, 0.6) is 5.75 Å². The van der Waals surface area contributed by atoms with Gasteiger partial charge in [-0.15, -0.1) is 0 Å². The van der Waals surface area contributed by atoms with E-state index in [0.717, 1.165) is 17.7 Å². The van der Waals surface area contributed by atoms with Gasteiger partial charge in [-0.1, -0.05) is 17.7 Å². The van der Waals surface area contributed by atoms with Crippen molar-refractivity contribution in [1.29, 1.82) is 0 Å². The molecule has 0 aliphatic heterocycles. The molecule has 1 N–H and O–H groups in total. The standard InChI is InChI=1S/C14H17ClN2O2/c1-10(18)11-3-4-14(13(15)9-11)19-8-6-12-5-7-16-17(12)2/h3-5,7,9-10,18H,6,8H2,1-2H3/t10-/m0/s1. The molecule has 1 aromatic heterocycles. The van der Waals surface area contributed by atoms with Crippen LogP contribution in [0.15, 0.2) is 30.5 Å². The minimum Gasteiger partial charge on any atom is -0.492 e. The SMILES string of the molecule is C[C@H](O)c1ccc(OCCc2ccnn2C)c(Cl)c1. The molecular formula is C14H17ClN2O2. The summed E-state index contributed by atoms with van der Waals surface area (Å²) in [6.07, 6.45) is 2.01. The number of halogens is 1. The van der Waals surface area contributed by atoms with Crippen LogP contribution in [0.2, 0.25) is 5.02 Å². The van der Waals surface area contributed by atoms with Crippen LogP contribution >= 0.6 is 11.6 Å². The first-order chi connectivity index (χ1) is 9.08. The molecule has 4 nitrogen and oxygen atoms in total. The van der Waals surface area contributed by atoms with Crippen LogP contribution in [0, 0.1) is 0 Å². The van der Waals surface area contributed by atoms with Crippen molar-refractivity contribution in [3.8, 4) is 5.75 Å². The Kier molecular flexibility index (Phi) is 4.45. The minimum atomic E-state index is -0.527. The lowest BCUT2D eigenvalue weighted by atomic mass is 10.1. The van der Waals surface area contributed by atoms with Crippen molar-refractivity contribution in [2.75, 3.05) is 6.61 Å². The molecule has 0 saturated heterocycles. The predicted molar refractivity (Wildman–Crippen MR) is 74.5 cm³/mol. The fraction of sp³-hybridized carbons (Fsp3) is 0.357. The van der Waals surface area contributed by atoms with Gasteiger partial charge in [0.25, 0.3) is 0 Å². The summed E-state index contributed by atoms with van der Waals surface area (Å²) in [5, 5.41) is 14.1. The number of nitrogens with zero attached hydrogens (tertiary/aromatic N) is 2. The molecule has 1 atom stereocenters. The molecule has 2 rings (SSSR count). The highest BCUT2D eigenvalue weighted by Gasteiger charge is 2.07. The summed E-state index contributed by atoms with van der Waals surface area (Å²) in [6, 6.07) is 7.29. The summed E-state index contributed by atoms with van der Waals surface area (Å²) in [4.78, 5) is 0. The molecule has 19 heavy (non-hydrogen) atoms. The number of aromatic nitrogens is 2. The molecule has 0 bridgehead atoms. The number of hydrogen-bond donors (Lipinski definition) is 1. The third kappa shape index (κ3) is 3.49. The van der Waals surface area contributed by atoms with Crippen molar-refractivity contribution in [3.05, 3.63) is 46.7 Å². The second-order valence-electron chi connectivity index (χ2n) is 4.41. The van der Waals surface area contributed by atoms with Crippen LogP contribution in [0.25, 0.3) is 0 Å². The fourth-order valence-corrected chi connectivity index (χ4v) is 2.05. The molecule has 2 aromatic rings. The highest BCUT2D eigenvalue weighted by Crippen LogP contribution is 2.27. The number of hydrogen-bond acceptors (Lipinski definition) is 3. The zero-order valence-electron chi connectivity index (χ0n) is 11.0. The Hall–Kier alpha value is -1.52. The number of rotatable bonds is 5. The van der Waals surface area contributed by atoms with Gasteiger partial charge in [0.15, 0.2) is 0 Å². The average Bonchev–Trinajstić information content (AvgIpc) is 2.77. The van der Waals surface area contributed by atoms with E-state index in [1.807, 2.05) is 23.9 Å². The van der Waals surface area contributed by atoms with Crippen LogP contribution in [0.3, 0.4) is 0 Å². The van der Waals surface area contributed by atoms with Crippen LogP contribution in [-0.2, 0) is 13.5 Å². The molecule has 1 aromatic carbocycles. The van der Waals surface area contributed by atoms with Crippen LogP contribution < -0.4 is 4.74 Å². The zero-order valence-corrected chi connectivity index (χ0v) is 11.8. The monoisotopic (exact) mass is 280 g/mol. The summed E-state index contributed by atoms with van der Waals surface area (Å²) in [5.74, 6) is 0.633. The minimum absolute atomic E-state index is 0.517. The third-order valence-corrected chi connectivity index (χ3v) is 3.27. The van der Waals surface area contributed by atoms with Crippen LogP contribution in [0.4, 0.5) is 0 Å². The third-order valence-electron chi connectivity index (χ3n) is 2.98. The van der Waals surface area contributed by atoms with Crippen LogP contribution in [-0.4, -0.2) is 21.5 Å². The predicted octanol–water partition coefficient (Wildman–Crippen LogP) is 2.75. The molecule has 0 aliphatic rings. The quantitative estimate of drug-likeness (QED) is 0.916. The lowest BCUT2D eigenvalue weighted by Crippen LogP contribution is -2.06. The Bertz CT molecular complexity index is 552. The van der Waals surface area contributed by atoms with E-state index in [9.17, 15) is 5.11 Å². The van der Waals surface area contributed by atoms with Crippen molar-refractivity contribution in [2.24, 2.45) is 7.05 Å². The smallest absolute Gasteiger partial charge is 0.137 e. The Morgan fingerprint density at radius 2 is 2.21 bits per heavy atom. The molecule has 5 heteroatoms. The van der Waals surface area contributed by atoms with Crippen molar-refractivity contribution in [1.82, 2.24) is 9.78 Å². The zero-order chi connectivity index (χ0) is 13.8. The van der Waals surface area contributed by atoms with E-state index in [-0.39, 0.29) is 0 Å². The first-order valence-corrected chi connectivity index (χ1v) is 6.53. The maximum atomic E-state index is 9.46. The van der Waals surface area contributed by atoms with Gasteiger partial charge >= 0.3 is 0 Å².